The molecule has 0 radical (unpaired) electrons. The fraction of sp³-hybridized carbons (Fsp3) is 0.233. The van der Waals surface area contributed by atoms with Crippen LogP contribution in [0.1, 0.15) is 16.8 Å². The predicted octanol–water partition coefficient (Wildman–Crippen LogP) is 4.56. The molecule has 12 heteroatoms. The van der Waals surface area contributed by atoms with E-state index in [0.717, 1.165) is 28.2 Å². The standard InChI is InChI=1S/C30H30ClFN8O2/c1-18-28(31)29(35-14-21-10-19(2-4-25(21)32)22(12-33)13-34)24-11-20(3-5-26(24)38-18)23-15-36-30(37-16-23)40-8-6-39(7-9-40)17-27(41)42/h2-5,10-13,15-16,33H,6-9,14,17,34H2,1H3,(H,35,38)(H,41,42)/b22-13+,33-12?. The van der Waals surface area contributed by atoms with E-state index in [0.29, 0.717) is 65.2 Å². The molecule has 3 heterocycles. The number of benzene rings is 2. The summed E-state index contributed by atoms with van der Waals surface area (Å²) in [6, 6.07) is 10.4. The largest absolute Gasteiger partial charge is 0.480 e. The van der Waals surface area contributed by atoms with Crippen LogP contribution in [0.3, 0.4) is 0 Å². The van der Waals surface area contributed by atoms with Crippen LogP contribution in [0.2, 0.25) is 5.02 Å². The number of aliphatic carboxylic acids is 1. The first-order valence-electron chi connectivity index (χ1n) is 13.3. The van der Waals surface area contributed by atoms with Gasteiger partial charge < -0.3 is 26.5 Å². The van der Waals surface area contributed by atoms with Gasteiger partial charge in [0.25, 0.3) is 0 Å². The van der Waals surface area contributed by atoms with Crippen LogP contribution in [-0.2, 0) is 11.3 Å². The van der Waals surface area contributed by atoms with E-state index in [1.165, 1.54) is 12.3 Å². The van der Waals surface area contributed by atoms with Gasteiger partial charge in [-0.15, -0.1) is 0 Å². The first kappa shape index (κ1) is 28.9. The first-order chi connectivity index (χ1) is 20.3. The van der Waals surface area contributed by atoms with Crippen molar-refractivity contribution >= 4 is 51.9 Å². The normalized spacial score (nSPS) is 14.3. The Labute approximate surface area is 247 Å². The smallest absolute Gasteiger partial charge is 0.317 e. The van der Waals surface area contributed by atoms with Crippen molar-refractivity contribution in [2.45, 2.75) is 13.5 Å². The number of allylic oxidation sites excluding steroid dienone is 1. The molecule has 42 heavy (non-hydrogen) atoms. The van der Waals surface area contributed by atoms with Crippen LogP contribution >= 0.6 is 11.6 Å². The highest BCUT2D eigenvalue weighted by molar-refractivity contribution is 6.35. The summed E-state index contributed by atoms with van der Waals surface area (Å²) < 4.78 is 14.7. The summed E-state index contributed by atoms with van der Waals surface area (Å²) in [5.41, 5.74) is 10.8. The SMILES string of the molecule is Cc1nc2ccc(-c3cnc(N4CCN(CC(=O)O)CC4)nc3)cc2c(NCc2cc(/C(C=N)=C/N)ccc2F)c1Cl. The Kier molecular flexibility index (Phi) is 8.60. The number of hydrogen-bond acceptors (Lipinski definition) is 9. The van der Waals surface area contributed by atoms with E-state index >= 15 is 0 Å². The third-order valence-electron chi connectivity index (χ3n) is 7.25. The molecular formula is C30H30ClFN8O2. The highest BCUT2D eigenvalue weighted by atomic mass is 35.5. The van der Waals surface area contributed by atoms with Crippen LogP contribution < -0.4 is 16.0 Å². The molecule has 2 aromatic heterocycles. The van der Waals surface area contributed by atoms with Crippen molar-refractivity contribution in [2.75, 3.05) is 42.9 Å². The molecule has 4 aromatic rings. The number of carboxylic acid groups (broad SMARTS) is 1. The maximum Gasteiger partial charge on any atom is 0.317 e. The van der Waals surface area contributed by atoms with Gasteiger partial charge in [-0.25, -0.2) is 14.4 Å². The lowest BCUT2D eigenvalue weighted by Gasteiger charge is -2.33. The summed E-state index contributed by atoms with van der Waals surface area (Å²) >= 11 is 6.71. The second-order valence-corrected chi connectivity index (χ2v) is 10.4. The van der Waals surface area contributed by atoms with Gasteiger partial charge in [0, 0.05) is 79.6 Å². The van der Waals surface area contributed by atoms with E-state index < -0.39 is 5.97 Å². The van der Waals surface area contributed by atoms with Crippen molar-refractivity contribution in [1.29, 1.82) is 5.41 Å². The molecule has 0 aliphatic carbocycles. The molecule has 1 fully saturated rings. The summed E-state index contributed by atoms with van der Waals surface area (Å²) in [4.78, 5) is 28.7. The van der Waals surface area contributed by atoms with Gasteiger partial charge in [0.15, 0.2) is 0 Å². The highest BCUT2D eigenvalue weighted by Crippen LogP contribution is 2.35. The molecule has 1 saturated heterocycles. The second kappa shape index (κ2) is 12.5. The van der Waals surface area contributed by atoms with E-state index in [4.69, 9.17) is 27.9 Å². The molecule has 1 aliphatic heterocycles. The predicted molar refractivity (Wildman–Crippen MR) is 163 cm³/mol. The molecule has 0 spiro atoms. The van der Waals surface area contributed by atoms with Gasteiger partial charge in [-0.3, -0.25) is 14.7 Å². The molecular weight excluding hydrogens is 559 g/mol. The van der Waals surface area contributed by atoms with E-state index in [1.54, 1.807) is 24.5 Å². The molecule has 0 saturated carbocycles. The van der Waals surface area contributed by atoms with Crippen molar-refractivity contribution in [1.82, 2.24) is 19.9 Å². The van der Waals surface area contributed by atoms with Crippen molar-refractivity contribution in [2.24, 2.45) is 5.73 Å². The van der Waals surface area contributed by atoms with Crippen molar-refractivity contribution in [3.05, 3.63) is 82.7 Å². The number of nitrogens with one attached hydrogen (secondary N) is 2. The Morgan fingerprint density at radius 2 is 1.88 bits per heavy atom. The zero-order valence-electron chi connectivity index (χ0n) is 22.9. The maximum atomic E-state index is 14.7. The van der Waals surface area contributed by atoms with E-state index in [1.807, 2.05) is 34.9 Å². The summed E-state index contributed by atoms with van der Waals surface area (Å²) in [5.74, 6) is -0.624. The lowest BCUT2D eigenvalue weighted by atomic mass is 10.0. The fourth-order valence-corrected chi connectivity index (χ4v) is 5.16. The Balaban J connectivity index is 1.39. The number of nitrogens with zero attached hydrogens (tertiary/aromatic N) is 5. The number of carbonyl (C=O) groups is 1. The number of rotatable bonds is 9. The summed E-state index contributed by atoms with van der Waals surface area (Å²) in [6.45, 7) is 4.56. The molecule has 0 atom stereocenters. The molecule has 0 amide bonds. The maximum absolute atomic E-state index is 14.7. The molecule has 0 unspecified atom stereocenters. The zero-order chi connectivity index (χ0) is 29.8. The zero-order valence-corrected chi connectivity index (χ0v) is 23.7. The molecule has 10 nitrogen and oxygen atoms in total. The number of piperazine rings is 1. The van der Waals surface area contributed by atoms with E-state index in [9.17, 15) is 9.18 Å². The average Bonchev–Trinajstić information content (AvgIpc) is 2.99. The number of nitrogens with two attached hydrogens (primary N) is 1. The monoisotopic (exact) mass is 588 g/mol. The number of fused-ring (bicyclic) bond motifs is 1. The van der Waals surface area contributed by atoms with Gasteiger partial charge >= 0.3 is 5.97 Å². The van der Waals surface area contributed by atoms with Gasteiger partial charge in [-0.1, -0.05) is 23.7 Å². The summed E-state index contributed by atoms with van der Waals surface area (Å²) in [7, 11) is 0. The Morgan fingerprint density at radius 3 is 2.55 bits per heavy atom. The van der Waals surface area contributed by atoms with Gasteiger partial charge in [0.1, 0.15) is 5.82 Å². The van der Waals surface area contributed by atoms with Crippen molar-refractivity contribution in [3.63, 3.8) is 0 Å². The Morgan fingerprint density at radius 1 is 1.14 bits per heavy atom. The van der Waals surface area contributed by atoms with Crippen LogP contribution in [-0.4, -0.2) is 69.9 Å². The molecule has 1 aliphatic rings. The van der Waals surface area contributed by atoms with Crippen LogP contribution in [0.5, 0.6) is 0 Å². The van der Waals surface area contributed by atoms with Gasteiger partial charge in [-0.2, -0.15) is 0 Å². The average molecular weight is 589 g/mol. The number of pyridine rings is 1. The van der Waals surface area contributed by atoms with Crippen LogP contribution in [0, 0.1) is 18.2 Å². The van der Waals surface area contributed by atoms with Gasteiger partial charge in [0.2, 0.25) is 5.95 Å². The van der Waals surface area contributed by atoms with E-state index in [-0.39, 0.29) is 18.9 Å². The van der Waals surface area contributed by atoms with Crippen LogP contribution in [0.15, 0.2) is 55.0 Å². The lowest BCUT2D eigenvalue weighted by molar-refractivity contribution is -0.138. The minimum Gasteiger partial charge on any atom is -0.480 e. The van der Waals surface area contributed by atoms with Gasteiger partial charge in [0.05, 0.1) is 28.5 Å². The minimum atomic E-state index is -0.830. The van der Waals surface area contributed by atoms with Crippen LogP contribution in [0.4, 0.5) is 16.0 Å². The lowest BCUT2D eigenvalue weighted by Crippen LogP contribution is -2.48. The number of aryl methyl sites for hydroxylation is 1. The van der Waals surface area contributed by atoms with Crippen LogP contribution in [0.25, 0.3) is 27.6 Å². The second-order valence-electron chi connectivity index (χ2n) is 9.97. The molecule has 216 valence electrons. The fourth-order valence-electron chi connectivity index (χ4n) is 4.95. The number of anilines is 2. The number of carboxylic acids is 1. The van der Waals surface area contributed by atoms with Crippen molar-refractivity contribution in [3.8, 4) is 11.1 Å². The molecule has 5 rings (SSSR count). The number of aromatic nitrogens is 3. The molecule has 5 N–H and O–H groups in total. The third-order valence-corrected chi connectivity index (χ3v) is 7.71. The topological polar surface area (TPSA) is 144 Å². The quantitative estimate of drug-likeness (QED) is 0.207. The third kappa shape index (κ3) is 6.17. The number of halogens is 2. The van der Waals surface area contributed by atoms with Gasteiger partial charge in [-0.05, 0) is 42.3 Å². The molecule has 2 aromatic carbocycles. The summed E-state index contributed by atoms with van der Waals surface area (Å²) in [6.07, 6.45) is 5.96. The summed E-state index contributed by atoms with van der Waals surface area (Å²) in [5, 5.41) is 21.1. The number of hydrogen-bond donors (Lipinski definition) is 4. The first-order valence-corrected chi connectivity index (χ1v) is 13.7. The Bertz CT molecular complexity index is 1670. The van der Waals surface area contributed by atoms with Crippen molar-refractivity contribution < 1.29 is 14.3 Å². The van der Waals surface area contributed by atoms with E-state index in [2.05, 4.69) is 20.3 Å². The highest BCUT2D eigenvalue weighted by Gasteiger charge is 2.21. The Hall–Kier alpha value is -4.61. The molecule has 0 bridgehead atoms. The minimum absolute atomic E-state index is 0.0312.